The Morgan fingerprint density at radius 3 is 2.50 bits per heavy atom. The number of rotatable bonds is 4. The maximum Gasteiger partial charge on any atom is 0.280 e. The second kappa shape index (κ2) is 7.65. The molecule has 1 heterocycles. The number of hydrazone groups is 1. The maximum absolute atomic E-state index is 12.7. The average molecular weight is 385 g/mol. The summed E-state index contributed by atoms with van der Waals surface area (Å²) < 4.78 is 5.34. The minimum Gasteiger partial charge on any atom is -0.478 e. The summed E-state index contributed by atoms with van der Waals surface area (Å²) in [7, 11) is 0. The Hall–Kier alpha value is -2.74. The molecule has 0 aliphatic carbocycles. The SMILES string of the molecule is C#CCOc1c(Cl)cc(/C=C2/C(=O)N(c3ccccc3)N=C2C)cc1Cl. The molecule has 6 heteroatoms. The number of amides is 1. The molecule has 0 saturated heterocycles. The first kappa shape index (κ1) is 18.1. The summed E-state index contributed by atoms with van der Waals surface area (Å²) in [4.78, 5) is 12.7. The summed E-state index contributed by atoms with van der Waals surface area (Å²) in [6.45, 7) is 1.84. The lowest BCUT2D eigenvalue weighted by Crippen LogP contribution is -2.21. The molecule has 2 aromatic rings. The van der Waals surface area contributed by atoms with Crippen LogP contribution in [-0.4, -0.2) is 18.2 Å². The Morgan fingerprint density at radius 2 is 1.88 bits per heavy atom. The number of ether oxygens (including phenoxy) is 1. The summed E-state index contributed by atoms with van der Waals surface area (Å²) in [6, 6.07) is 12.6. The summed E-state index contributed by atoms with van der Waals surface area (Å²) in [6.07, 6.45) is 6.88. The van der Waals surface area contributed by atoms with E-state index in [1.807, 2.05) is 30.3 Å². The van der Waals surface area contributed by atoms with E-state index in [-0.39, 0.29) is 12.5 Å². The quantitative estimate of drug-likeness (QED) is 0.560. The van der Waals surface area contributed by atoms with Crippen molar-refractivity contribution in [3.63, 3.8) is 0 Å². The minimum absolute atomic E-state index is 0.0656. The maximum atomic E-state index is 12.7. The molecule has 26 heavy (non-hydrogen) atoms. The summed E-state index contributed by atoms with van der Waals surface area (Å²) in [5, 5.41) is 6.35. The number of carbonyl (C=O) groups excluding carboxylic acids is 1. The average Bonchev–Trinajstić information content (AvgIpc) is 2.90. The normalized spacial score (nSPS) is 15.2. The van der Waals surface area contributed by atoms with Gasteiger partial charge in [-0.05, 0) is 42.8 Å². The second-order valence-corrected chi connectivity index (χ2v) is 6.32. The molecule has 3 rings (SSSR count). The van der Waals surface area contributed by atoms with Gasteiger partial charge in [0.05, 0.1) is 27.0 Å². The number of para-hydroxylation sites is 1. The molecule has 4 nitrogen and oxygen atoms in total. The monoisotopic (exact) mass is 384 g/mol. The Labute approximate surface area is 161 Å². The second-order valence-electron chi connectivity index (χ2n) is 5.50. The van der Waals surface area contributed by atoms with Gasteiger partial charge in [0, 0.05) is 0 Å². The van der Waals surface area contributed by atoms with E-state index in [0.29, 0.717) is 38.3 Å². The molecule has 0 spiro atoms. The lowest BCUT2D eigenvalue weighted by Gasteiger charge is -2.11. The van der Waals surface area contributed by atoms with Gasteiger partial charge in [-0.1, -0.05) is 47.3 Å². The van der Waals surface area contributed by atoms with Gasteiger partial charge in [-0.3, -0.25) is 4.79 Å². The number of carbonyl (C=O) groups is 1. The van der Waals surface area contributed by atoms with Crippen LogP contribution in [0.4, 0.5) is 5.69 Å². The molecular weight excluding hydrogens is 371 g/mol. The van der Waals surface area contributed by atoms with Gasteiger partial charge < -0.3 is 4.74 Å². The van der Waals surface area contributed by atoms with Crippen LogP contribution < -0.4 is 9.75 Å². The molecule has 0 N–H and O–H groups in total. The van der Waals surface area contributed by atoms with Crippen molar-refractivity contribution >= 4 is 46.6 Å². The Bertz CT molecular complexity index is 937. The third kappa shape index (κ3) is 3.60. The van der Waals surface area contributed by atoms with Gasteiger partial charge in [-0.15, -0.1) is 6.42 Å². The standard InChI is InChI=1S/C20H14Cl2N2O2/c1-3-9-26-19-17(21)11-14(12-18(19)22)10-16-13(2)23-24(20(16)25)15-7-5-4-6-8-15/h1,4-8,10-12H,9H2,2H3/b16-10+. The Morgan fingerprint density at radius 1 is 1.23 bits per heavy atom. The lowest BCUT2D eigenvalue weighted by molar-refractivity contribution is -0.114. The third-order valence-corrected chi connectivity index (χ3v) is 4.26. The molecule has 0 fully saturated rings. The Kier molecular flexibility index (Phi) is 5.32. The predicted octanol–water partition coefficient (Wildman–Crippen LogP) is 4.81. The van der Waals surface area contributed by atoms with Crippen LogP contribution in [0.3, 0.4) is 0 Å². The summed E-state index contributed by atoms with van der Waals surface area (Å²) in [5.41, 5.74) is 2.45. The topological polar surface area (TPSA) is 41.9 Å². The largest absolute Gasteiger partial charge is 0.478 e. The van der Waals surface area contributed by atoms with Crippen molar-refractivity contribution < 1.29 is 9.53 Å². The number of halogens is 2. The van der Waals surface area contributed by atoms with Gasteiger partial charge in [0.15, 0.2) is 5.75 Å². The first-order valence-corrected chi connectivity index (χ1v) is 8.49. The Balaban J connectivity index is 1.92. The van der Waals surface area contributed by atoms with Gasteiger partial charge in [-0.2, -0.15) is 10.1 Å². The minimum atomic E-state index is -0.214. The van der Waals surface area contributed by atoms with E-state index in [9.17, 15) is 4.79 Å². The van der Waals surface area contributed by atoms with Crippen LogP contribution >= 0.6 is 23.2 Å². The van der Waals surface area contributed by atoms with Gasteiger partial charge in [0.1, 0.15) is 6.61 Å². The van der Waals surface area contributed by atoms with Crippen LogP contribution in [-0.2, 0) is 4.79 Å². The third-order valence-electron chi connectivity index (χ3n) is 3.69. The van der Waals surface area contributed by atoms with E-state index in [4.69, 9.17) is 34.4 Å². The van der Waals surface area contributed by atoms with Crippen LogP contribution in [0, 0.1) is 12.3 Å². The predicted molar refractivity (Wildman–Crippen MR) is 106 cm³/mol. The van der Waals surface area contributed by atoms with E-state index in [1.165, 1.54) is 5.01 Å². The first-order chi connectivity index (χ1) is 12.5. The zero-order chi connectivity index (χ0) is 18.7. The van der Waals surface area contributed by atoms with Crippen LogP contribution in [0.2, 0.25) is 10.0 Å². The number of anilines is 1. The van der Waals surface area contributed by atoms with Crippen LogP contribution in [0.1, 0.15) is 12.5 Å². The fraction of sp³-hybridized carbons (Fsp3) is 0.100. The van der Waals surface area contributed by atoms with Crippen LogP contribution in [0.15, 0.2) is 53.1 Å². The highest BCUT2D eigenvalue weighted by Gasteiger charge is 2.28. The highest BCUT2D eigenvalue weighted by molar-refractivity contribution is 6.37. The van der Waals surface area contributed by atoms with E-state index >= 15 is 0 Å². The summed E-state index contributed by atoms with van der Waals surface area (Å²) >= 11 is 12.4. The molecule has 0 aromatic heterocycles. The molecule has 2 aromatic carbocycles. The fourth-order valence-electron chi connectivity index (χ4n) is 2.51. The molecule has 1 aliphatic heterocycles. The molecule has 0 bridgehead atoms. The zero-order valence-corrected chi connectivity index (χ0v) is 15.4. The molecule has 0 atom stereocenters. The number of nitrogens with zero attached hydrogens (tertiary/aromatic N) is 2. The highest BCUT2D eigenvalue weighted by atomic mass is 35.5. The first-order valence-electron chi connectivity index (χ1n) is 7.73. The van der Waals surface area contributed by atoms with E-state index < -0.39 is 0 Å². The lowest BCUT2D eigenvalue weighted by atomic mass is 10.1. The molecule has 1 amide bonds. The van der Waals surface area contributed by atoms with E-state index in [0.717, 1.165) is 0 Å². The molecule has 130 valence electrons. The van der Waals surface area contributed by atoms with Crippen molar-refractivity contribution in [3.8, 4) is 18.1 Å². The zero-order valence-electron chi connectivity index (χ0n) is 13.9. The highest BCUT2D eigenvalue weighted by Crippen LogP contribution is 2.35. The van der Waals surface area contributed by atoms with E-state index in [2.05, 4.69) is 11.0 Å². The van der Waals surface area contributed by atoms with Crippen molar-refractivity contribution in [2.45, 2.75) is 6.92 Å². The van der Waals surface area contributed by atoms with Crippen molar-refractivity contribution in [2.75, 3.05) is 11.6 Å². The molecule has 0 unspecified atom stereocenters. The van der Waals surface area contributed by atoms with Crippen LogP contribution in [0.5, 0.6) is 5.75 Å². The van der Waals surface area contributed by atoms with Crippen molar-refractivity contribution in [2.24, 2.45) is 5.10 Å². The summed E-state index contributed by atoms with van der Waals surface area (Å²) in [5.74, 6) is 2.47. The van der Waals surface area contributed by atoms with Crippen LogP contribution in [0.25, 0.3) is 6.08 Å². The van der Waals surface area contributed by atoms with Gasteiger partial charge >= 0.3 is 0 Å². The van der Waals surface area contributed by atoms with Gasteiger partial charge in [0.25, 0.3) is 5.91 Å². The number of hydrogen-bond donors (Lipinski definition) is 0. The smallest absolute Gasteiger partial charge is 0.280 e. The van der Waals surface area contributed by atoms with Crippen molar-refractivity contribution in [1.29, 1.82) is 0 Å². The fourth-order valence-corrected chi connectivity index (χ4v) is 3.12. The number of terminal acetylenes is 1. The molecule has 0 radical (unpaired) electrons. The number of hydrogen-bond acceptors (Lipinski definition) is 3. The van der Waals surface area contributed by atoms with Crippen molar-refractivity contribution in [1.82, 2.24) is 0 Å². The van der Waals surface area contributed by atoms with Gasteiger partial charge in [0.2, 0.25) is 0 Å². The van der Waals surface area contributed by atoms with Gasteiger partial charge in [-0.25, -0.2) is 0 Å². The van der Waals surface area contributed by atoms with Crippen molar-refractivity contribution in [3.05, 3.63) is 63.6 Å². The molecular formula is C20H14Cl2N2O2. The van der Waals surface area contributed by atoms with E-state index in [1.54, 1.807) is 25.1 Å². The number of benzene rings is 2. The molecule has 1 aliphatic rings. The molecule has 0 saturated carbocycles.